The molecule has 0 saturated heterocycles. The van der Waals surface area contributed by atoms with Gasteiger partial charge in [-0.2, -0.15) is 0 Å². The average Bonchev–Trinajstić information content (AvgIpc) is 2.00. The second kappa shape index (κ2) is 3.87. The lowest BCUT2D eigenvalue weighted by molar-refractivity contribution is -0.144. The van der Waals surface area contributed by atoms with E-state index in [9.17, 15) is 9.59 Å². The van der Waals surface area contributed by atoms with Crippen molar-refractivity contribution in [2.45, 2.75) is 19.9 Å². The van der Waals surface area contributed by atoms with E-state index in [1.54, 1.807) is 0 Å². The fourth-order valence-electron chi connectivity index (χ4n) is 0.496. The van der Waals surface area contributed by atoms with Crippen molar-refractivity contribution in [2.75, 3.05) is 7.11 Å². The molecule has 1 amide bonds. The molecule has 0 heterocycles. The summed E-state index contributed by atoms with van der Waals surface area (Å²) in [5.74, 6) is -1.07. The summed E-state index contributed by atoms with van der Waals surface area (Å²) in [6, 6.07) is -0.836. The number of methoxy groups -OCH3 is 1. The van der Waals surface area contributed by atoms with Crippen LogP contribution in [0.2, 0.25) is 1.41 Å². The van der Waals surface area contributed by atoms with Crippen LogP contribution in [0.3, 0.4) is 0 Å². The highest BCUT2D eigenvalue weighted by Gasteiger charge is 2.12. The molecule has 4 heteroatoms. The number of ether oxygens (including phenoxy) is 1. The third-order valence-electron chi connectivity index (χ3n) is 0.918. The van der Waals surface area contributed by atoms with Gasteiger partial charge in [0, 0.05) is 6.92 Å². The molecule has 0 radical (unpaired) electrons. The van der Waals surface area contributed by atoms with Crippen LogP contribution in [0.5, 0.6) is 0 Å². The standard InChI is InChI=1S/C6H11NO3/c1-4(6(9)10-3)7-5(2)8/h4H,1-3H3,(H,7,8)/t4-/m0/s1/i/hD. The van der Waals surface area contributed by atoms with Crippen LogP contribution in [0.4, 0.5) is 0 Å². The summed E-state index contributed by atoms with van der Waals surface area (Å²) in [7, 11) is 1.22. The van der Waals surface area contributed by atoms with Gasteiger partial charge in [-0.15, -0.1) is 0 Å². The highest BCUT2D eigenvalue weighted by Crippen LogP contribution is 1.84. The van der Waals surface area contributed by atoms with Crippen molar-refractivity contribution < 1.29 is 15.7 Å². The molecule has 10 heavy (non-hydrogen) atoms. The van der Waals surface area contributed by atoms with E-state index in [4.69, 9.17) is 1.41 Å². The van der Waals surface area contributed by atoms with E-state index < -0.39 is 17.9 Å². The molecule has 0 aliphatic heterocycles. The van der Waals surface area contributed by atoms with Crippen LogP contribution in [0.25, 0.3) is 0 Å². The SMILES string of the molecule is [2H]N(C(C)=O)[C@@H](C)C(=O)OC. The zero-order valence-corrected chi connectivity index (χ0v) is 6.25. The van der Waals surface area contributed by atoms with Gasteiger partial charge in [-0.1, -0.05) is 0 Å². The highest BCUT2D eigenvalue weighted by molar-refractivity contribution is 5.82. The lowest BCUT2D eigenvalue weighted by Crippen LogP contribution is -2.37. The van der Waals surface area contributed by atoms with Crippen molar-refractivity contribution in [1.29, 1.82) is 0 Å². The Morgan fingerprint density at radius 1 is 1.70 bits per heavy atom. The monoisotopic (exact) mass is 146 g/mol. The van der Waals surface area contributed by atoms with E-state index in [0.717, 1.165) is 0 Å². The van der Waals surface area contributed by atoms with Crippen LogP contribution in [0, 0.1) is 0 Å². The van der Waals surface area contributed by atoms with Crippen molar-refractivity contribution in [3.8, 4) is 0 Å². The first-order chi connectivity index (χ1) is 5.00. The summed E-state index contributed by atoms with van der Waals surface area (Å²) in [6.07, 6.45) is 0. The largest absolute Gasteiger partial charge is 0.467 e. The van der Waals surface area contributed by atoms with Crippen molar-refractivity contribution in [1.82, 2.24) is 5.31 Å². The molecule has 1 N–H and O–H groups in total. The first kappa shape index (κ1) is 7.05. The second-order valence-electron chi connectivity index (χ2n) is 1.85. The minimum Gasteiger partial charge on any atom is -0.467 e. The van der Waals surface area contributed by atoms with Crippen molar-refractivity contribution in [3.05, 3.63) is 0 Å². The predicted molar refractivity (Wildman–Crippen MR) is 35.3 cm³/mol. The number of hydrogen-bond acceptors (Lipinski definition) is 3. The number of amides is 1. The summed E-state index contributed by atoms with van der Waals surface area (Å²) >= 11 is 0. The van der Waals surface area contributed by atoms with Crippen LogP contribution in [0.1, 0.15) is 13.8 Å². The lowest BCUT2D eigenvalue weighted by Gasteiger charge is -2.08. The van der Waals surface area contributed by atoms with Crippen molar-refractivity contribution in [3.63, 3.8) is 0 Å². The van der Waals surface area contributed by atoms with Gasteiger partial charge < -0.3 is 10.0 Å². The number of carbonyl (C=O) groups excluding carboxylic acids is 2. The van der Waals surface area contributed by atoms with Gasteiger partial charge in [0.05, 0.1) is 7.11 Å². The lowest BCUT2D eigenvalue weighted by atomic mass is 10.3. The Kier molecular flexibility index (Phi) is 2.73. The van der Waals surface area contributed by atoms with Crippen LogP contribution in [-0.2, 0) is 14.3 Å². The van der Waals surface area contributed by atoms with Gasteiger partial charge >= 0.3 is 5.97 Å². The zero-order chi connectivity index (χ0) is 9.02. The van der Waals surface area contributed by atoms with Gasteiger partial charge in [-0.25, -0.2) is 4.79 Å². The molecule has 0 aliphatic carbocycles. The topological polar surface area (TPSA) is 55.4 Å². The summed E-state index contributed by atoms with van der Waals surface area (Å²) in [5.41, 5.74) is 0. The molecular formula is C6H11NO3. The van der Waals surface area contributed by atoms with Gasteiger partial charge in [-0.3, -0.25) is 4.79 Å². The normalized spacial score (nSPS) is 13.3. The number of hydrogen-bond donors (Lipinski definition) is 1. The summed E-state index contributed by atoms with van der Waals surface area (Å²) in [6.45, 7) is 2.65. The van der Waals surface area contributed by atoms with E-state index in [1.165, 1.54) is 21.0 Å². The Balaban J connectivity index is 4.12. The molecule has 0 aromatic heterocycles. The van der Waals surface area contributed by atoms with Gasteiger partial charge in [0.1, 0.15) is 6.04 Å². The van der Waals surface area contributed by atoms with E-state index in [-0.39, 0.29) is 0 Å². The smallest absolute Gasteiger partial charge is 0.328 e. The minimum absolute atomic E-state index is 0.483. The van der Waals surface area contributed by atoms with Gasteiger partial charge in [0.2, 0.25) is 5.91 Å². The fraction of sp³-hybridized carbons (Fsp3) is 0.667. The van der Waals surface area contributed by atoms with Crippen LogP contribution in [-0.4, -0.2) is 25.0 Å². The highest BCUT2D eigenvalue weighted by atomic mass is 16.5. The molecule has 0 aromatic rings. The average molecular weight is 146 g/mol. The maximum atomic E-state index is 10.7. The third-order valence-corrected chi connectivity index (χ3v) is 0.918. The van der Waals surface area contributed by atoms with Crippen LogP contribution in [0.15, 0.2) is 0 Å². The Bertz CT molecular complexity index is 171. The van der Waals surface area contributed by atoms with E-state index in [0.29, 0.717) is 5.31 Å². The molecule has 58 valence electrons. The maximum absolute atomic E-state index is 10.7. The van der Waals surface area contributed by atoms with E-state index in [2.05, 4.69) is 4.74 Å². The van der Waals surface area contributed by atoms with Gasteiger partial charge in [-0.05, 0) is 6.92 Å². The number of carbonyl (C=O) groups is 2. The molecule has 0 spiro atoms. The third kappa shape index (κ3) is 3.06. The molecule has 0 unspecified atom stereocenters. The van der Waals surface area contributed by atoms with Gasteiger partial charge in [0.15, 0.2) is 1.41 Å². The zero-order valence-electron chi connectivity index (χ0n) is 7.25. The molecular weight excluding hydrogens is 134 g/mol. The number of nitrogens with one attached hydrogen (secondary N) is 1. The molecule has 0 aliphatic rings. The van der Waals surface area contributed by atoms with Crippen molar-refractivity contribution >= 4 is 11.9 Å². The summed E-state index contributed by atoms with van der Waals surface area (Å²) in [5, 5.41) is 0.575. The molecule has 0 aromatic carbocycles. The van der Waals surface area contributed by atoms with Crippen molar-refractivity contribution in [2.24, 2.45) is 0 Å². The molecule has 0 fully saturated rings. The fourth-order valence-corrected chi connectivity index (χ4v) is 0.496. The predicted octanol–water partition coefficient (Wildman–Crippen LogP) is -0.316. The van der Waals surface area contributed by atoms with E-state index in [1.807, 2.05) is 0 Å². The molecule has 4 nitrogen and oxygen atoms in total. The molecule has 0 rings (SSSR count). The molecule has 1 atom stereocenters. The Labute approximate surface area is 61.0 Å². The number of esters is 1. The molecule has 0 saturated carbocycles. The Hall–Kier alpha value is -1.06. The Morgan fingerprint density at radius 3 is 2.50 bits per heavy atom. The Morgan fingerprint density at radius 2 is 2.20 bits per heavy atom. The summed E-state index contributed by atoms with van der Waals surface area (Å²) in [4.78, 5) is 21.3. The van der Waals surface area contributed by atoms with Crippen LogP contribution >= 0.6 is 0 Å². The second-order valence-corrected chi connectivity index (χ2v) is 1.85. The maximum Gasteiger partial charge on any atom is 0.328 e. The minimum atomic E-state index is -0.836. The first-order valence-electron chi connectivity index (χ1n) is 3.32. The number of rotatable bonds is 2. The van der Waals surface area contributed by atoms with E-state index >= 15 is 0 Å². The quantitative estimate of drug-likeness (QED) is 0.543. The van der Waals surface area contributed by atoms with Crippen LogP contribution < -0.4 is 5.31 Å². The molecule has 0 bridgehead atoms. The van der Waals surface area contributed by atoms with Gasteiger partial charge in [0.25, 0.3) is 0 Å². The summed E-state index contributed by atoms with van der Waals surface area (Å²) < 4.78 is 11.4. The first-order valence-corrected chi connectivity index (χ1v) is 2.87.